The van der Waals surface area contributed by atoms with Crippen molar-refractivity contribution in [2.45, 2.75) is 6.54 Å². The normalized spacial score (nSPS) is 10.6. The fourth-order valence-electron chi connectivity index (χ4n) is 3.44. The number of rotatable bonds is 7. The van der Waals surface area contributed by atoms with Crippen LogP contribution in [0.1, 0.15) is 15.9 Å². The first-order valence-electron chi connectivity index (χ1n) is 9.82. The third-order valence-electron chi connectivity index (χ3n) is 5.00. The third-order valence-corrected chi connectivity index (χ3v) is 5.00. The average Bonchev–Trinajstić information content (AvgIpc) is 3.28. The lowest BCUT2D eigenvalue weighted by molar-refractivity contribution is -0.384. The summed E-state index contributed by atoms with van der Waals surface area (Å²) in [5.41, 5.74) is 3.21. The molecule has 0 aliphatic heterocycles. The molecule has 0 saturated carbocycles. The predicted octanol–water partition coefficient (Wildman–Crippen LogP) is 4.00. The van der Waals surface area contributed by atoms with Crippen LogP contribution in [-0.4, -0.2) is 28.1 Å². The van der Waals surface area contributed by atoms with Crippen LogP contribution in [0.25, 0.3) is 22.5 Å². The largest absolute Gasteiger partial charge is 0.465 e. The van der Waals surface area contributed by atoms with Crippen molar-refractivity contribution in [1.29, 1.82) is 0 Å². The maximum absolute atomic E-state index is 12.1. The molecule has 1 aromatic heterocycles. The molecule has 166 valence electrons. The maximum atomic E-state index is 12.1. The third kappa shape index (κ3) is 4.49. The van der Waals surface area contributed by atoms with E-state index in [9.17, 15) is 19.7 Å². The monoisotopic (exact) mass is 446 g/mol. The van der Waals surface area contributed by atoms with Gasteiger partial charge in [-0.3, -0.25) is 19.6 Å². The summed E-state index contributed by atoms with van der Waals surface area (Å²) in [4.78, 5) is 36.8. The number of hydrogen-bond acceptors (Lipinski definition) is 8. The van der Waals surface area contributed by atoms with E-state index >= 15 is 0 Å². The average molecular weight is 446 g/mol. The highest BCUT2D eigenvalue weighted by molar-refractivity contribution is 5.98. The van der Waals surface area contributed by atoms with Crippen LogP contribution in [-0.2, 0) is 11.3 Å². The Balaban J connectivity index is 1.59. The van der Waals surface area contributed by atoms with Crippen molar-refractivity contribution in [1.82, 2.24) is 10.1 Å². The Hall–Kier alpha value is -4.73. The summed E-state index contributed by atoms with van der Waals surface area (Å²) in [5.74, 6) is -0.977. The minimum Gasteiger partial charge on any atom is -0.465 e. The topological polar surface area (TPSA) is 140 Å². The summed E-state index contributed by atoms with van der Waals surface area (Å²) in [6.45, 7) is 0.243. The SMILES string of the molecule is COC(=O)c1cccc([N+](=O)[O-])c1NCc1ccc(-c2ccccc2-c2noc(=O)[nH]2)cc1. The number of methoxy groups -OCH3 is 1. The second kappa shape index (κ2) is 9.18. The van der Waals surface area contributed by atoms with Gasteiger partial charge in [0, 0.05) is 18.2 Å². The van der Waals surface area contributed by atoms with Crippen molar-refractivity contribution in [3.63, 3.8) is 0 Å². The number of hydrogen-bond donors (Lipinski definition) is 2. The van der Waals surface area contributed by atoms with Crippen LogP contribution in [0.5, 0.6) is 0 Å². The second-order valence-electron chi connectivity index (χ2n) is 6.99. The van der Waals surface area contributed by atoms with E-state index < -0.39 is 16.6 Å². The molecule has 4 aromatic rings. The fourth-order valence-corrected chi connectivity index (χ4v) is 3.44. The zero-order valence-electron chi connectivity index (χ0n) is 17.4. The van der Waals surface area contributed by atoms with E-state index in [2.05, 4.69) is 20.0 Å². The number of para-hydroxylation sites is 1. The Kier molecular flexibility index (Phi) is 5.98. The standard InChI is InChI=1S/C23H18N4O6/c1-32-22(28)18-7-4-8-19(27(30)31)20(18)24-13-14-9-11-15(12-10-14)16-5-2-3-6-17(16)21-25-23(29)33-26-21/h2-12,24H,13H2,1H3,(H,25,26,29). The molecular weight excluding hydrogens is 428 g/mol. The van der Waals surface area contributed by atoms with E-state index in [1.54, 1.807) is 0 Å². The van der Waals surface area contributed by atoms with Gasteiger partial charge < -0.3 is 10.1 Å². The number of aromatic nitrogens is 2. The van der Waals surface area contributed by atoms with Crippen LogP contribution in [0.4, 0.5) is 11.4 Å². The van der Waals surface area contributed by atoms with Gasteiger partial charge in [0.1, 0.15) is 5.69 Å². The first-order chi connectivity index (χ1) is 16.0. The van der Waals surface area contributed by atoms with Gasteiger partial charge in [-0.1, -0.05) is 59.8 Å². The molecule has 4 rings (SSSR count). The van der Waals surface area contributed by atoms with E-state index in [-0.39, 0.29) is 23.5 Å². The van der Waals surface area contributed by atoms with E-state index in [1.165, 1.54) is 25.3 Å². The molecular formula is C23H18N4O6. The molecule has 10 nitrogen and oxygen atoms in total. The van der Waals surface area contributed by atoms with Gasteiger partial charge in [-0.2, -0.15) is 0 Å². The highest BCUT2D eigenvalue weighted by atomic mass is 16.6. The molecule has 0 unspecified atom stereocenters. The van der Waals surface area contributed by atoms with E-state index in [4.69, 9.17) is 4.74 Å². The zero-order chi connectivity index (χ0) is 23.4. The van der Waals surface area contributed by atoms with Crippen molar-refractivity contribution in [3.8, 4) is 22.5 Å². The van der Waals surface area contributed by atoms with Crippen LogP contribution < -0.4 is 11.1 Å². The molecule has 0 aliphatic rings. The number of nitro groups is 1. The molecule has 0 saturated heterocycles. The first-order valence-corrected chi connectivity index (χ1v) is 9.82. The smallest absolute Gasteiger partial charge is 0.439 e. The lowest BCUT2D eigenvalue weighted by atomic mass is 9.98. The molecule has 0 spiro atoms. The van der Waals surface area contributed by atoms with Crippen LogP contribution in [0.3, 0.4) is 0 Å². The molecule has 2 N–H and O–H groups in total. The highest BCUT2D eigenvalue weighted by Gasteiger charge is 2.22. The van der Waals surface area contributed by atoms with Gasteiger partial charge in [0.05, 0.1) is 17.6 Å². The molecule has 3 aromatic carbocycles. The van der Waals surface area contributed by atoms with Gasteiger partial charge in [0.25, 0.3) is 5.69 Å². The number of esters is 1. The summed E-state index contributed by atoms with van der Waals surface area (Å²) < 4.78 is 9.36. The molecule has 0 aliphatic carbocycles. The van der Waals surface area contributed by atoms with Crippen LogP contribution in [0.2, 0.25) is 0 Å². The Morgan fingerprint density at radius 2 is 1.82 bits per heavy atom. The Morgan fingerprint density at radius 1 is 1.09 bits per heavy atom. The van der Waals surface area contributed by atoms with Gasteiger partial charge in [0.15, 0.2) is 5.82 Å². The van der Waals surface area contributed by atoms with Crippen molar-refractivity contribution >= 4 is 17.3 Å². The van der Waals surface area contributed by atoms with Gasteiger partial charge in [-0.15, -0.1) is 0 Å². The summed E-state index contributed by atoms with van der Waals surface area (Å²) in [6, 6.07) is 19.1. The minimum atomic E-state index is -0.668. The van der Waals surface area contributed by atoms with E-state index in [0.29, 0.717) is 11.4 Å². The Bertz CT molecular complexity index is 1370. The number of aromatic amines is 1. The van der Waals surface area contributed by atoms with Gasteiger partial charge in [0.2, 0.25) is 0 Å². The number of benzene rings is 3. The molecule has 10 heteroatoms. The van der Waals surface area contributed by atoms with Gasteiger partial charge in [-0.05, 0) is 22.8 Å². The summed E-state index contributed by atoms with van der Waals surface area (Å²) in [7, 11) is 1.22. The number of nitro benzene ring substituents is 1. The summed E-state index contributed by atoms with van der Waals surface area (Å²) >= 11 is 0. The molecule has 0 radical (unpaired) electrons. The van der Waals surface area contributed by atoms with Gasteiger partial charge in [-0.25, -0.2) is 9.59 Å². The predicted molar refractivity (Wildman–Crippen MR) is 120 cm³/mol. The number of carbonyl (C=O) groups excluding carboxylic acids is 1. The molecule has 0 bridgehead atoms. The molecule has 33 heavy (non-hydrogen) atoms. The molecule has 0 atom stereocenters. The van der Waals surface area contributed by atoms with Crippen LogP contribution in [0, 0.1) is 10.1 Å². The summed E-state index contributed by atoms with van der Waals surface area (Å²) in [5, 5.41) is 18.2. The lowest BCUT2D eigenvalue weighted by Gasteiger charge is -2.12. The minimum absolute atomic E-state index is 0.0823. The van der Waals surface area contributed by atoms with Crippen LogP contribution in [0.15, 0.2) is 76.0 Å². The van der Waals surface area contributed by atoms with Gasteiger partial charge >= 0.3 is 11.7 Å². The number of nitrogens with one attached hydrogen (secondary N) is 2. The summed E-state index contributed by atoms with van der Waals surface area (Å²) in [6.07, 6.45) is 0. The number of carbonyl (C=O) groups is 1. The zero-order valence-corrected chi connectivity index (χ0v) is 17.4. The van der Waals surface area contributed by atoms with Crippen molar-refractivity contribution in [2.24, 2.45) is 0 Å². The Morgan fingerprint density at radius 3 is 2.45 bits per heavy atom. The highest BCUT2D eigenvalue weighted by Crippen LogP contribution is 2.31. The van der Waals surface area contributed by atoms with Crippen molar-refractivity contribution in [3.05, 3.63) is 98.5 Å². The molecule has 0 fully saturated rings. The van der Waals surface area contributed by atoms with Crippen molar-refractivity contribution in [2.75, 3.05) is 12.4 Å². The quantitative estimate of drug-likeness (QED) is 0.247. The first kappa shape index (κ1) is 21.5. The second-order valence-corrected chi connectivity index (χ2v) is 6.99. The maximum Gasteiger partial charge on any atom is 0.439 e. The fraction of sp³-hybridized carbons (Fsp3) is 0.0870. The number of anilines is 1. The number of nitrogens with zero attached hydrogens (tertiary/aromatic N) is 2. The number of ether oxygens (including phenoxy) is 1. The number of H-pyrrole nitrogens is 1. The molecule has 1 heterocycles. The molecule has 0 amide bonds. The lowest BCUT2D eigenvalue weighted by Crippen LogP contribution is -2.10. The van der Waals surface area contributed by atoms with E-state index in [1.807, 2.05) is 48.5 Å². The van der Waals surface area contributed by atoms with Crippen molar-refractivity contribution < 1.29 is 19.0 Å². The Labute approximate surface area is 187 Å². The van der Waals surface area contributed by atoms with Crippen LogP contribution >= 0.6 is 0 Å². The van der Waals surface area contributed by atoms with E-state index in [0.717, 1.165) is 16.7 Å².